The van der Waals surface area contributed by atoms with E-state index in [2.05, 4.69) is 152 Å². The van der Waals surface area contributed by atoms with Gasteiger partial charge >= 0.3 is 0 Å². The Labute approximate surface area is 313 Å². The Kier molecular flexibility index (Phi) is 6.73. The van der Waals surface area contributed by atoms with Gasteiger partial charge in [-0.25, -0.2) is 15.0 Å². The van der Waals surface area contributed by atoms with E-state index in [-0.39, 0.29) is 0 Å². The largest absolute Gasteiger partial charge is 0.457 e. The monoisotopic (exact) mass is 689 g/mol. The van der Waals surface area contributed by atoms with Gasteiger partial charge in [-0.05, 0) is 74.5 Å². The van der Waals surface area contributed by atoms with Crippen molar-refractivity contribution in [3.05, 3.63) is 210 Å². The van der Waals surface area contributed by atoms with E-state index in [1.54, 1.807) is 0 Å². The summed E-state index contributed by atoms with van der Waals surface area (Å²) in [4.78, 5) is 15.3. The van der Waals surface area contributed by atoms with Gasteiger partial charge in [-0.2, -0.15) is 0 Å². The summed E-state index contributed by atoms with van der Waals surface area (Å²) in [6.45, 7) is 0. The minimum Gasteiger partial charge on any atom is -0.457 e. The molecule has 4 heteroatoms. The molecule has 1 aliphatic carbocycles. The lowest BCUT2D eigenvalue weighted by atomic mass is 9.65. The van der Waals surface area contributed by atoms with Crippen molar-refractivity contribution >= 4 is 10.8 Å². The first kappa shape index (κ1) is 30.5. The molecule has 4 nitrogen and oxygen atoms in total. The van der Waals surface area contributed by atoms with Crippen molar-refractivity contribution in [2.75, 3.05) is 0 Å². The average Bonchev–Trinajstić information content (AvgIpc) is 3.54. The van der Waals surface area contributed by atoms with Crippen LogP contribution in [-0.2, 0) is 5.41 Å². The van der Waals surface area contributed by atoms with Gasteiger partial charge in [0.05, 0.1) is 5.41 Å². The maximum Gasteiger partial charge on any atom is 0.164 e. The minimum atomic E-state index is -0.623. The molecule has 0 fully saturated rings. The van der Waals surface area contributed by atoms with Gasteiger partial charge in [0.25, 0.3) is 0 Å². The molecule has 2 aliphatic rings. The highest BCUT2D eigenvalue weighted by molar-refractivity contribution is 5.93. The third-order valence-electron chi connectivity index (χ3n) is 11.0. The first-order valence-corrected chi connectivity index (χ1v) is 18.3. The Morgan fingerprint density at radius 2 is 0.759 bits per heavy atom. The molecule has 252 valence electrons. The Morgan fingerprint density at radius 3 is 1.41 bits per heavy atom. The van der Waals surface area contributed by atoms with Crippen molar-refractivity contribution in [2.45, 2.75) is 5.41 Å². The van der Waals surface area contributed by atoms with E-state index in [0.29, 0.717) is 17.5 Å². The highest BCUT2D eigenvalue weighted by Gasteiger charge is 2.51. The lowest BCUT2D eigenvalue weighted by molar-refractivity contribution is 0.437. The zero-order chi connectivity index (χ0) is 35.6. The first-order valence-electron chi connectivity index (χ1n) is 18.3. The van der Waals surface area contributed by atoms with Crippen LogP contribution in [0.1, 0.15) is 22.3 Å². The maximum absolute atomic E-state index is 6.87. The second-order valence-corrected chi connectivity index (χ2v) is 14.0. The van der Waals surface area contributed by atoms with Gasteiger partial charge in [-0.1, -0.05) is 158 Å². The molecule has 0 amide bonds. The number of nitrogens with zero attached hydrogens (tertiary/aromatic N) is 3. The number of rotatable bonds is 4. The lowest BCUT2D eigenvalue weighted by Crippen LogP contribution is -2.32. The molecule has 54 heavy (non-hydrogen) atoms. The minimum absolute atomic E-state index is 0.604. The molecule has 1 aromatic heterocycles. The molecule has 0 radical (unpaired) electrons. The molecule has 0 N–H and O–H groups in total. The second-order valence-electron chi connectivity index (χ2n) is 14.0. The van der Waals surface area contributed by atoms with Crippen molar-refractivity contribution < 1.29 is 4.74 Å². The molecule has 11 rings (SSSR count). The van der Waals surface area contributed by atoms with Crippen LogP contribution in [0.5, 0.6) is 11.5 Å². The molecule has 1 aliphatic heterocycles. The van der Waals surface area contributed by atoms with Crippen LogP contribution in [0, 0.1) is 0 Å². The summed E-state index contributed by atoms with van der Waals surface area (Å²) in [5.74, 6) is 3.54. The second kappa shape index (κ2) is 11.9. The van der Waals surface area contributed by atoms with Crippen LogP contribution >= 0.6 is 0 Å². The predicted octanol–water partition coefficient (Wildman–Crippen LogP) is 12.2. The normalized spacial score (nSPS) is 13.1. The molecule has 0 atom stereocenters. The smallest absolute Gasteiger partial charge is 0.164 e. The number of aromatic nitrogens is 3. The van der Waals surface area contributed by atoms with E-state index in [4.69, 9.17) is 19.7 Å². The third-order valence-corrected chi connectivity index (χ3v) is 11.0. The molecule has 2 heterocycles. The Hall–Kier alpha value is -7.17. The van der Waals surface area contributed by atoms with Gasteiger partial charge in [0.15, 0.2) is 17.5 Å². The van der Waals surface area contributed by atoms with Crippen LogP contribution in [0.2, 0.25) is 0 Å². The van der Waals surface area contributed by atoms with Gasteiger partial charge in [-0.3, -0.25) is 0 Å². The molecule has 0 saturated heterocycles. The van der Waals surface area contributed by atoms with E-state index in [9.17, 15) is 0 Å². The van der Waals surface area contributed by atoms with Crippen molar-refractivity contribution in [3.8, 4) is 67.9 Å². The van der Waals surface area contributed by atoms with E-state index in [1.807, 2.05) is 36.4 Å². The Bertz CT molecular complexity index is 2860. The average molecular weight is 690 g/mol. The van der Waals surface area contributed by atoms with Crippen molar-refractivity contribution in [3.63, 3.8) is 0 Å². The summed E-state index contributed by atoms with van der Waals surface area (Å²) >= 11 is 0. The molecule has 0 saturated carbocycles. The maximum atomic E-state index is 6.87. The highest BCUT2D eigenvalue weighted by atomic mass is 16.5. The van der Waals surface area contributed by atoms with Gasteiger partial charge in [0, 0.05) is 27.8 Å². The highest BCUT2D eigenvalue weighted by Crippen LogP contribution is 2.62. The van der Waals surface area contributed by atoms with E-state index in [0.717, 1.165) is 50.3 Å². The van der Waals surface area contributed by atoms with Crippen molar-refractivity contribution in [1.82, 2.24) is 15.0 Å². The zero-order valence-electron chi connectivity index (χ0n) is 29.1. The number of hydrogen-bond acceptors (Lipinski definition) is 4. The molecule has 1 spiro atoms. The van der Waals surface area contributed by atoms with Crippen molar-refractivity contribution in [1.29, 1.82) is 0 Å². The molecule has 9 aromatic rings. The van der Waals surface area contributed by atoms with E-state index < -0.39 is 5.41 Å². The van der Waals surface area contributed by atoms with Crippen LogP contribution in [0.25, 0.3) is 67.2 Å². The summed E-state index contributed by atoms with van der Waals surface area (Å²) in [5, 5.41) is 2.32. The quantitative estimate of drug-likeness (QED) is 0.185. The number of benzene rings is 8. The molecular formula is C50H31N3O. The SMILES string of the molecule is c1ccc(-c2ccc(-c3nc(-c4ccccc4)nc(-c4ccc5c(c4)C4(c6cc7ccccc7cc6O5)c5ccccc5-c5ccccc54)n3)cc2)cc1. The van der Waals surface area contributed by atoms with Crippen LogP contribution < -0.4 is 4.74 Å². The van der Waals surface area contributed by atoms with Crippen LogP contribution in [0.15, 0.2) is 188 Å². The summed E-state index contributed by atoms with van der Waals surface area (Å²) < 4.78 is 6.87. The molecule has 0 bridgehead atoms. The summed E-state index contributed by atoms with van der Waals surface area (Å²) in [6, 6.07) is 66.1. The Balaban J connectivity index is 1.14. The molecule has 0 unspecified atom stereocenters. The summed E-state index contributed by atoms with van der Waals surface area (Å²) in [5.41, 5.74) is 11.6. The van der Waals surface area contributed by atoms with Crippen LogP contribution in [0.3, 0.4) is 0 Å². The number of ether oxygens (including phenoxy) is 1. The first-order chi connectivity index (χ1) is 26.7. The van der Waals surface area contributed by atoms with Crippen LogP contribution in [0.4, 0.5) is 0 Å². The predicted molar refractivity (Wildman–Crippen MR) is 216 cm³/mol. The van der Waals surface area contributed by atoms with Gasteiger partial charge in [0.2, 0.25) is 0 Å². The van der Waals surface area contributed by atoms with Gasteiger partial charge in [-0.15, -0.1) is 0 Å². The summed E-state index contributed by atoms with van der Waals surface area (Å²) in [7, 11) is 0. The fourth-order valence-corrected chi connectivity index (χ4v) is 8.52. The fourth-order valence-electron chi connectivity index (χ4n) is 8.52. The molecular weight excluding hydrogens is 659 g/mol. The topological polar surface area (TPSA) is 47.9 Å². The van der Waals surface area contributed by atoms with E-state index in [1.165, 1.54) is 33.2 Å². The number of fused-ring (bicyclic) bond motifs is 10. The van der Waals surface area contributed by atoms with Gasteiger partial charge < -0.3 is 4.74 Å². The summed E-state index contributed by atoms with van der Waals surface area (Å²) in [6.07, 6.45) is 0. The zero-order valence-corrected chi connectivity index (χ0v) is 29.1. The Morgan fingerprint density at radius 1 is 0.315 bits per heavy atom. The number of hydrogen-bond donors (Lipinski definition) is 0. The van der Waals surface area contributed by atoms with Crippen molar-refractivity contribution in [2.24, 2.45) is 0 Å². The standard InChI is InChI=1S/C50H31N3O/c1-3-13-32(14-4-1)33-23-25-35(26-24-33)48-51-47(34-15-5-2-6-16-34)52-49(53-48)38-27-28-45-43(30-38)50(44-29-36-17-7-8-18-37(36)31-46(44)54-45)41-21-11-9-19-39(41)40-20-10-12-22-42(40)50/h1-31H. The van der Waals surface area contributed by atoms with Gasteiger partial charge in [0.1, 0.15) is 11.5 Å². The lowest BCUT2D eigenvalue weighted by Gasteiger charge is -2.39. The molecule has 8 aromatic carbocycles. The third kappa shape index (κ3) is 4.60. The van der Waals surface area contributed by atoms with E-state index >= 15 is 0 Å². The van der Waals surface area contributed by atoms with Crippen LogP contribution in [-0.4, -0.2) is 15.0 Å². The fraction of sp³-hybridized carbons (Fsp3) is 0.0200.